The van der Waals surface area contributed by atoms with Crippen LogP contribution in [-0.4, -0.2) is 31.9 Å². The SMILES string of the molecule is CCCCCC[C@@H](C(=O)O)S(=O)(=O)c1ccc(OC)cc1. The molecule has 0 radical (unpaired) electrons. The summed E-state index contributed by atoms with van der Waals surface area (Å²) in [5.74, 6) is -0.758. The maximum absolute atomic E-state index is 12.4. The van der Waals surface area contributed by atoms with Gasteiger partial charge in [-0.15, -0.1) is 0 Å². The van der Waals surface area contributed by atoms with Crippen LogP contribution in [0.3, 0.4) is 0 Å². The van der Waals surface area contributed by atoms with Crippen LogP contribution in [0.15, 0.2) is 29.2 Å². The summed E-state index contributed by atoms with van der Waals surface area (Å²) in [5, 5.41) is 7.84. The number of unbranched alkanes of at least 4 members (excludes halogenated alkanes) is 3. The number of rotatable bonds is 9. The summed E-state index contributed by atoms with van der Waals surface area (Å²) in [7, 11) is -2.38. The Morgan fingerprint density at radius 3 is 2.29 bits per heavy atom. The molecule has 5 nitrogen and oxygen atoms in total. The summed E-state index contributed by atoms with van der Waals surface area (Å²) in [6, 6.07) is 5.80. The molecule has 0 aromatic heterocycles. The van der Waals surface area contributed by atoms with Gasteiger partial charge in [-0.25, -0.2) is 8.42 Å². The first-order valence-corrected chi connectivity index (χ1v) is 8.58. The molecule has 6 heteroatoms. The number of carboxylic acids is 1. The number of methoxy groups -OCH3 is 1. The topological polar surface area (TPSA) is 80.7 Å². The molecule has 0 saturated carbocycles. The fraction of sp³-hybridized carbons (Fsp3) is 0.533. The van der Waals surface area contributed by atoms with Crippen LogP contribution in [0.2, 0.25) is 0 Å². The molecular weight excluding hydrogens is 292 g/mol. The van der Waals surface area contributed by atoms with Gasteiger partial charge in [0.2, 0.25) is 0 Å². The fourth-order valence-electron chi connectivity index (χ4n) is 2.10. The number of hydrogen-bond donors (Lipinski definition) is 1. The van der Waals surface area contributed by atoms with Crippen LogP contribution in [0.1, 0.15) is 39.0 Å². The average Bonchev–Trinajstić information content (AvgIpc) is 2.46. The lowest BCUT2D eigenvalue weighted by molar-refractivity contribution is -0.136. The minimum absolute atomic E-state index is 0.0196. The number of hydrogen-bond acceptors (Lipinski definition) is 4. The van der Waals surface area contributed by atoms with E-state index < -0.39 is 21.1 Å². The standard InChI is InChI=1S/C15H22O5S/c1-3-4-5-6-7-14(15(16)17)21(18,19)13-10-8-12(20-2)9-11-13/h8-11,14H,3-7H2,1-2H3,(H,16,17)/t14-/m0/s1. The minimum atomic E-state index is -3.87. The van der Waals surface area contributed by atoms with Crippen molar-refractivity contribution in [2.45, 2.75) is 49.2 Å². The molecular formula is C15H22O5S. The van der Waals surface area contributed by atoms with Crippen molar-refractivity contribution in [1.82, 2.24) is 0 Å². The second-order valence-electron chi connectivity index (χ2n) is 4.90. The highest BCUT2D eigenvalue weighted by atomic mass is 32.2. The zero-order valence-corrected chi connectivity index (χ0v) is 13.2. The molecule has 0 aliphatic carbocycles. The Kier molecular flexibility index (Phi) is 6.68. The van der Waals surface area contributed by atoms with Crippen LogP contribution in [0.4, 0.5) is 0 Å². The molecule has 0 spiro atoms. The first kappa shape index (κ1) is 17.5. The lowest BCUT2D eigenvalue weighted by Gasteiger charge is -2.14. The summed E-state index contributed by atoms with van der Waals surface area (Å²) < 4.78 is 29.8. The molecule has 0 unspecified atom stereocenters. The van der Waals surface area contributed by atoms with E-state index in [0.29, 0.717) is 12.2 Å². The van der Waals surface area contributed by atoms with Gasteiger partial charge in [0.1, 0.15) is 5.75 Å². The predicted molar refractivity (Wildman–Crippen MR) is 80.4 cm³/mol. The van der Waals surface area contributed by atoms with E-state index in [1.54, 1.807) is 0 Å². The van der Waals surface area contributed by atoms with Gasteiger partial charge < -0.3 is 9.84 Å². The number of carbonyl (C=O) groups is 1. The molecule has 0 aliphatic heterocycles. The van der Waals surface area contributed by atoms with Gasteiger partial charge in [-0.1, -0.05) is 32.6 Å². The van der Waals surface area contributed by atoms with Crippen LogP contribution in [0.25, 0.3) is 0 Å². The minimum Gasteiger partial charge on any atom is -0.497 e. The Balaban J connectivity index is 2.90. The normalized spacial score (nSPS) is 12.9. The first-order chi connectivity index (χ1) is 9.93. The Morgan fingerprint density at radius 1 is 1.19 bits per heavy atom. The van der Waals surface area contributed by atoms with E-state index in [1.807, 2.05) is 6.92 Å². The van der Waals surface area contributed by atoms with Crippen molar-refractivity contribution in [3.8, 4) is 5.75 Å². The zero-order chi connectivity index (χ0) is 15.9. The maximum Gasteiger partial charge on any atom is 0.322 e. The molecule has 0 bridgehead atoms. The third-order valence-corrected chi connectivity index (χ3v) is 5.47. The van der Waals surface area contributed by atoms with E-state index in [0.717, 1.165) is 19.3 Å². The first-order valence-electron chi connectivity index (χ1n) is 7.04. The molecule has 1 aromatic rings. The summed E-state index contributed by atoms with van der Waals surface area (Å²) in [6.45, 7) is 2.04. The number of ether oxygens (including phenoxy) is 1. The van der Waals surface area contributed by atoms with Gasteiger partial charge in [-0.3, -0.25) is 4.79 Å². The van der Waals surface area contributed by atoms with E-state index in [-0.39, 0.29) is 11.3 Å². The lowest BCUT2D eigenvalue weighted by Crippen LogP contribution is -2.30. The summed E-state index contributed by atoms with van der Waals surface area (Å²) in [4.78, 5) is 11.3. The van der Waals surface area contributed by atoms with E-state index in [4.69, 9.17) is 4.74 Å². The second kappa shape index (κ2) is 8.02. The van der Waals surface area contributed by atoms with Crippen LogP contribution in [-0.2, 0) is 14.6 Å². The Hall–Kier alpha value is -1.56. The quantitative estimate of drug-likeness (QED) is 0.709. The molecule has 118 valence electrons. The van der Waals surface area contributed by atoms with Crippen LogP contribution >= 0.6 is 0 Å². The van der Waals surface area contributed by atoms with Crippen molar-refractivity contribution in [2.24, 2.45) is 0 Å². The monoisotopic (exact) mass is 314 g/mol. The Morgan fingerprint density at radius 2 is 1.81 bits per heavy atom. The van der Waals surface area contributed by atoms with Crippen LogP contribution < -0.4 is 4.74 Å². The number of benzene rings is 1. The van der Waals surface area contributed by atoms with E-state index in [1.165, 1.54) is 31.4 Å². The molecule has 0 saturated heterocycles. The number of aliphatic carboxylic acids is 1. The summed E-state index contributed by atoms with van der Waals surface area (Å²) in [6.07, 6.45) is 3.58. The van der Waals surface area contributed by atoms with Gasteiger partial charge in [-0.2, -0.15) is 0 Å². The van der Waals surface area contributed by atoms with E-state index in [9.17, 15) is 18.3 Å². The van der Waals surface area contributed by atoms with Gasteiger partial charge in [0.25, 0.3) is 0 Å². The van der Waals surface area contributed by atoms with Gasteiger partial charge >= 0.3 is 5.97 Å². The van der Waals surface area contributed by atoms with Crippen LogP contribution in [0.5, 0.6) is 5.75 Å². The Labute approximate surface area is 125 Å². The molecule has 1 aromatic carbocycles. The molecule has 21 heavy (non-hydrogen) atoms. The highest BCUT2D eigenvalue weighted by molar-refractivity contribution is 7.92. The summed E-state index contributed by atoms with van der Waals surface area (Å²) >= 11 is 0. The molecule has 1 rings (SSSR count). The van der Waals surface area contributed by atoms with Gasteiger partial charge in [0.05, 0.1) is 12.0 Å². The molecule has 0 heterocycles. The molecule has 0 aliphatic rings. The number of sulfone groups is 1. The van der Waals surface area contributed by atoms with Crippen LogP contribution in [0, 0.1) is 0 Å². The van der Waals surface area contributed by atoms with Crippen molar-refractivity contribution in [2.75, 3.05) is 7.11 Å². The lowest BCUT2D eigenvalue weighted by atomic mass is 10.1. The van der Waals surface area contributed by atoms with Crippen molar-refractivity contribution in [3.05, 3.63) is 24.3 Å². The van der Waals surface area contributed by atoms with E-state index in [2.05, 4.69) is 0 Å². The molecule has 0 fully saturated rings. The number of carboxylic acid groups (broad SMARTS) is 1. The third-order valence-electron chi connectivity index (χ3n) is 3.36. The fourth-order valence-corrected chi connectivity index (χ4v) is 3.68. The van der Waals surface area contributed by atoms with Gasteiger partial charge in [0, 0.05) is 0 Å². The Bertz CT molecular complexity index is 548. The molecule has 1 atom stereocenters. The smallest absolute Gasteiger partial charge is 0.322 e. The van der Waals surface area contributed by atoms with Gasteiger partial charge in [-0.05, 0) is 30.7 Å². The molecule has 1 N–H and O–H groups in total. The zero-order valence-electron chi connectivity index (χ0n) is 12.4. The van der Waals surface area contributed by atoms with Crippen molar-refractivity contribution >= 4 is 15.8 Å². The van der Waals surface area contributed by atoms with Crippen molar-refractivity contribution in [3.63, 3.8) is 0 Å². The van der Waals surface area contributed by atoms with Crippen molar-refractivity contribution in [1.29, 1.82) is 0 Å². The average molecular weight is 314 g/mol. The second-order valence-corrected chi connectivity index (χ2v) is 7.03. The summed E-state index contributed by atoms with van der Waals surface area (Å²) in [5.41, 5.74) is 0. The maximum atomic E-state index is 12.4. The largest absolute Gasteiger partial charge is 0.497 e. The molecule has 0 amide bonds. The third kappa shape index (κ3) is 4.74. The van der Waals surface area contributed by atoms with Gasteiger partial charge in [0.15, 0.2) is 15.1 Å². The van der Waals surface area contributed by atoms with E-state index >= 15 is 0 Å². The predicted octanol–water partition coefficient (Wildman–Crippen LogP) is 2.89. The van der Waals surface area contributed by atoms with Crippen molar-refractivity contribution < 1.29 is 23.1 Å². The highest BCUT2D eigenvalue weighted by Crippen LogP contribution is 2.23. The highest BCUT2D eigenvalue weighted by Gasteiger charge is 2.33.